The van der Waals surface area contributed by atoms with Crippen molar-refractivity contribution in [1.29, 1.82) is 0 Å². The van der Waals surface area contributed by atoms with Gasteiger partial charge in [-0.1, -0.05) is 24.6 Å². The first-order valence-electron chi connectivity index (χ1n) is 7.09. The normalized spacial score (nSPS) is 10.8. The van der Waals surface area contributed by atoms with Crippen LogP contribution in [0.15, 0.2) is 28.7 Å². The van der Waals surface area contributed by atoms with E-state index in [-0.39, 0.29) is 0 Å². The van der Waals surface area contributed by atoms with Crippen molar-refractivity contribution >= 4 is 0 Å². The Hall–Kier alpha value is -1.74. The molecule has 0 aliphatic carbocycles. The summed E-state index contributed by atoms with van der Waals surface area (Å²) in [5.74, 6) is 2.75. The van der Waals surface area contributed by atoms with E-state index in [1.54, 1.807) is 0 Å². The Kier molecular flexibility index (Phi) is 4.85. The molecular formula is C17H23NO2. The Morgan fingerprint density at radius 3 is 2.65 bits per heavy atom. The summed E-state index contributed by atoms with van der Waals surface area (Å²) in [6.07, 6.45) is 0. The van der Waals surface area contributed by atoms with E-state index in [9.17, 15) is 0 Å². The summed E-state index contributed by atoms with van der Waals surface area (Å²) < 4.78 is 11.6. The molecule has 0 unspecified atom stereocenters. The molecule has 0 bridgehead atoms. The van der Waals surface area contributed by atoms with Crippen LogP contribution < -0.4 is 10.1 Å². The summed E-state index contributed by atoms with van der Waals surface area (Å²) in [5, 5.41) is 3.31. The molecule has 1 heterocycles. The standard InChI is InChI=1S/C17H23NO2/c1-5-18-10-15-9-16(20-14(15)4)11-19-17-7-6-12(2)8-13(17)3/h6-9,18H,5,10-11H2,1-4H3. The average molecular weight is 273 g/mol. The largest absolute Gasteiger partial charge is 0.485 e. The second-order valence-corrected chi connectivity index (χ2v) is 5.13. The highest BCUT2D eigenvalue weighted by Crippen LogP contribution is 2.21. The number of ether oxygens (including phenoxy) is 1. The van der Waals surface area contributed by atoms with Crippen molar-refractivity contribution < 1.29 is 9.15 Å². The van der Waals surface area contributed by atoms with Gasteiger partial charge in [-0.15, -0.1) is 0 Å². The van der Waals surface area contributed by atoms with Gasteiger partial charge in [0, 0.05) is 12.1 Å². The van der Waals surface area contributed by atoms with Crippen molar-refractivity contribution in [2.24, 2.45) is 0 Å². The molecule has 0 amide bonds. The summed E-state index contributed by atoms with van der Waals surface area (Å²) in [4.78, 5) is 0. The third-order valence-electron chi connectivity index (χ3n) is 3.34. The first kappa shape index (κ1) is 14.7. The predicted octanol–water partition coefficient (Wildman–Crippen LogP) is 3.89. The van der Waals surface area contributed by atoms with Gasteiger partial charge in [0.15, 0.2) is 0 Å². The average Bonchev–Trinajstić information content (AvgIpc) is 2.76. The van der Waals surface area contributed by atoms with Gasteiger partial charge in [0.2, 0.25) is 0 Å². The molecule has 1 aromatic carbocycles. The van der Waals surface area contributed by atoms with Crippen molar-refractivity contribution in [1.82, 2.24) is 5.32 Å². The summed E-state index contributed by atoms with van der Waals surface area (Å²) >= 11 is 0. The van der Waals surface area contributed by atoms with Gasteiger partial charge in [-0.2, -0.15) is 0 Å². The van der Waals surface area contributed by atoms with E-state index in [0.29, 0.717) is 6.61 Å². The maximum Gasteiger partial charge on any atom is 0.146 e. The van der Waals surface area contributed by atoms with Gasteiger partial charge in [-0.3, -0.25) is 0 Å². The highest BCUT2D eigenvalue weighted by Gasteiger charge is 2.08. The van der Waals surface area contributed by atoms with Crippen molar-refractivity contribution in [2.45, 2.75) is 40.8 Å². The Morgan fingerprint density at radius 2 is 1.95 bits per heavy atom. The Labute approximate surface area is 121 Å². The maximum absolute atomic E-state index is 5.84. The fourth-order valence-corrected chi connectivity index (χ4v) is 2.20. The number of hydrogen-bond acceptors (Lipinski definition) is 3. The number of aryl methyl sites for hydroxylation is 3. The first-order chi connectivity index (χ1) is 9.60. The summed E-state index contributed by atoms with van der Waals surface area (Å²) in [5.41, 5.74) is 3.60. The fourth-order valence-electron chi connectivity index (χ4n) is 2.20. The number of rotatable bonds is 6. The smallest absolute Gasteiger partial charge is 0.146 e. The van der Waals surface area contributed by atoms with Crippen molar-refractivity contribution in [3.63, 3.8) is 0 Å². The molecule has 1 aromatic heterocycles. The van der Waals surface area contributed by atoms with Crippen molar-refractivity contribution in [2.75, 3.05) is 6.54 Å². The zero-order valence-electron chi connectivity index (χ0n) is 12.7. The monoisotopic (exact) mass is 273 g/mol. The van der Waals surface area contributed by atoms with Crippen LogP contribution in [-0.2, 0) is 13.2 Å². The number of benzene rings is 1. The highest BCUT2D eigenvalue weighted by molar-refractivity contribution is 5.35. The van der Waals surface area contributed by atoms with Gasteiger partial charge in [0.05, 0.1) is 0 Å². The molecule has 2 aromatic rings. The van der Waals surface area contributed by atoms with Gasteiger partial charge in [0.1, 0.15) is 23.9 Å². The lowest BCUT2D eigenvalue weighted by molar-refractivity contribution is 0.266. The van der Waals surface area contributed by atoms with Crippen LogP contribution in [0.25, 0.3) is 0 Å². The third-order valence-corrected chi connectivity index (χ3v) is 3.34. The highest BCUT2D eigenvalue weighted by atomic mass is 16.5. The predicted molar refractivity (Wildman–Crippen MR) is 81.1 cm³/mol. The van der Waals surface area contributed by atoms with E-state index in [4.69, 9.17) is 9.15 Å². The van der Waals surface area contributed by atoms with Crippen LogP contribution in [0.3, 0.4) is 0 Å². The lowest BCUT2D eigenvalue weighted by Crippen LogP contribution is -2.11. The van der Waals surface area contributed by atoms with Gasteiger partial charge in [-0.05, 0) is 45.0 Å². The molecular weight excluding hydrogens is 250 g/mol. The first-order valence-corrected chi connectivity index (χ1v) is 7.09. The number of nitrogens with one attached hydrogen (secondary N) is 1. The maximum atomic E-state index is 5.84. The van der Waals surface area contributed by atoms with Crippen LogP contribution in [0.5, 0.6) is 5.75 Å². The van der Waals surface area contributed by atoms with E-state index < -0.39 is 0 Å². The number of furan rings is 1. The molecule has 0 aliphatic rings. The Morgan fingerprint density at radius 1 is 1.15 bits per heavy atom. The van der Waals surface area contributed by atoms with Crippen LogP contribution in [0.4, 0.5) is 0 Å². The lowest BCUT2D eigenvalue weighted by Gasteiger charge is -2.08. The van der Waals surface area contributed by atoms with Gasteiger partial charge >= 0.3 is 0 Å². The topological polar surface area (TPSA) is 34.4 Å². The van der Waals surface area contributed by atoms with E-state index in [1.807, 2.05) is 13.0 Å². The van der Waals surface area contributed by atoms with E-state index in [0.717, 1.165) is 35.9 Å². The number of hydrogen-bond donors (Lipinski definition) is 1. The molecule has 0 spiro atoms. The van der Waals surface area contributed by atoms with Crippen LogP contribution in [-0.4, -0.2) is 6.54 Å². The van der Waals surface area contributed by atoms with Crippen LogP contribution in [0, 0.1) is 20.8 Å². The van der Waals surface area contributed by atoms with Gasteiger partial charge in [-0.25, -0.2) is 0 Å². The van der Waals surface area contributed by atoms with Crippen molar-refractivity contribution in [3.05, 3.63) is 52.5 Å². The fraction of sp³-hybridized carbons (Fsp3) is 0.412. The van der Waals surface area contributed by atoms with Gasteiger partial charge in [0.25, 0.3) is 0 Å². The summed E-state index contributed by atoms with van der Waals surface area (Å²) in [7, 11) is 0. The minimum absolute atomic E-state index is 0.469. The summed E-state index contributed by atoms with van der Waals surface area (Å²) in [6.45, 7) is 10.5. The SMILES string of the molecule is CCNCc1cc(COc2ccc(C)cc2C)oc1C. The third kappa shape index (κ3) is 3.64. The molecule has 3 heteroatoms. The molecule has 0 fully saturated rings. The van der Waals surface area contributed by atoms with Crippen LogP contribution in [0.1, 0.15) is 35.1 Å². The van der Waals surface area contributed by atoms with E-state index in [2.05, 4.69) is 44.3 Å². The second-order valence-electron chi connectivity index (χ2n) is 5.13. The summed E-state index contributed by atoms with van der Waals surface area (Å²) in [6, 6.07) is 8.27. The second kappa shape index (κ2) is 6.62. The molecule has 1 N–H and O–H groups in total. The molecule has 0 radical (unpaired) electrons. The quantitative estimate of drug-likeness (QED) is 0.867. The molecule has 108 valence electrons. The zero-order valence-corrected chi connectivity index (χ0v) is 12.7. The van der Waals surface area contributed by atoms with Gasteiger partial charge < -0.3 is 14.5 Å². The van der Waals surface area contributed by atoms with Crippen LogP contribution in [0.2, 0.25) is 0 Å². The van der Waals surface area contributed by atoms with E-state index in [1.165, 1.54) is 11.1 Å². The lowest BCUT2D eigenvalue weighted by atomic mass is 10.1. The van der Waals surface area contributed by atoms with E-state index >= 15 is 0 Å². The minimum atomic E-state index is 0.469. The van der Waals surface area contributed by atoms with Crippen LogP contribution >= 0.6 is 0 Å². The Bertz CT molecular complexity index is 572. The Balaban J connectivity index is 2.00. The molecule has 0 saturated heterocycles. The molecule has 0 atom stereocenters. The molecule has 0 aliphatic heterocycles. The zero-order chi connectivity index (χ0) is 14.5. The molecule has 2 rings (SSSR count). The molecule has 0 saturated carbocycles. The molecule has 20 heavy (non-hydrogen) atoms. The molecule has 3 nitrogen and oxygen atoms in total. The van der Waals surface area contributed by atoms with Crippen molar-refractivity contribution in [3.8, 4) is 5.75 Å². The minimum Gasteiger partial charge on any atom is -0.485 e.